The smallest absolute Gasteiger partial charge is 0.265 e. The Morgan fingerprint density at radius 3 is 2.24 bits per heavy atom. The van der Waals surface area contributed by atoms with E-state index in [1.165, 1.54) is 18.3 Å². The first-order chi connectivity index (χ1) is 12.1. The molecule has 3 aromatic rings. The minimum Gasteiger partial charge on any atom is -0.340 e. The van der Waals surface area contributed by atoms with E-state index in [1.807, 2.05) is 23.6 Å². The molecule has 3 N–H and O–H groups in total. The first kappa shape index (κ1) is 16.7. The number of carbonyl (C=O) groups excluding carboxylic acids is 2. The number of benzene rings is 1. The highest BCUT2D eigenvalue weighted by Crippen LogP contribution is 2.19. The number of nitrogens with one attached hydrogen (secondary N) is 3. The van der Waals surface area contributed by atoms with Crippen LogP contribution in [0.4, 0.5) is 22.9 Å². The molecule has 0 aliphatic rings. The summed E-state index contributed by atoms with van der Waals surface area (Å²) in [6.45, 7) is 1.47. The molecule has 0 saturated carbocycles. The van der Waals surface area contributed by atoms with Gasteiger partial charge >= 0.3 is 0 Å². The van der Waals surface area contributed by atoms with Crippen molar-refractivity contribution in [1.29, 1.82) is 0 Å². The quantitative estimate of drug-likeness (QED) is 0.646. The number of nitrogens with zero attached hydrogens (tertiary/aromatic N) is 1. The van der Waals surface area contributed by atoms with Crippen molar-refractivity contribution < 1.29 is 9.59 Å². The Labute approximate surface area is 148 Å². The summed E-state index contributed by atoms with van der Waals surface area (Å²) in [7, 11) is 0. The van der Waals surface area contributed by atoms with E-state index in [-0.39, 0.29) is 11.8 Å². The summed E-state index contributed by atoms with van der Waals surface area (Å²) in [6.07, 6.45) is 1.60. The molecule has 25 heavy (non-hydrogen) atoms. The number of pyridine rings is 1. The van der Waals surface area contributed by atoms with Crippen LogP contribution in [-0.2, 0) is 4.79 Å². The molecule has 0 aliphatic heterocycles. The number of aromatic nitrogens is 1. The molecule has 2 amide bonds. The SMILES string of the molecule is CC(=O)Nc1ccc(Nc2ccc(NC(=O)c3cccs3)cn2)cc1. The fraction of sp³-hybridized carbons (Fsp3) is 0.0556. The summed E-state index contributed by atoms with van der Waals surface area (Å²) < 4.78 is 0. The molecule has 2 heterocycles. The topological polar surface area (TPSA) is 83.1 Å². The zero-order chi connectivity index (χ0) is 17.6. The van der Waals surface area contributed by atoms with Gasteiger partial charge in [0.25, 0.3) is 5.91 Å². The number of hydrogen-bond acceptors (Lipinski definition) is 5. The summed E-state index contributed by atoms with van der Waals surface area (Å²) in [5.74, 6) is 0.398. The second kappa shape index (κ2) is 7.59. The van der Waals surface area contributed by atoms with Gasteiger partial charge in [0.05, 0.1) is 16.8 Å². The van der Waals surface area contributed by atoms with Crippen molar-refractivity contribution in [3.63, 3.8) is 0 Å². The van der Waals surface area contributed by atoms with Gasteiger partial charge in [0, 0.05) is 18.3 Å². The molecule has 0 saturated heterocycles. The van der Waals surface area contributed by atoms with Crippen molar-refractivity contribution in [3.05, 3.63) is 65.0 Å². The minimum absolute atomic E-state index is 0.109. The van der Waals surface area contributed by atoms with Gasteiger partial charge < -0.3 is 16.0 Å². The fourth-order valence-corrected chi connectivity index (χ4v) is 2.75. The summed E-state index contributed by atoms with van der Waals surface area (Å²) in [5.41, 5.74) is 2.21. The maximum atomic E-state index is 12.0. The number of hydrogen-bond donors (Lipinski definition) is 3. The van der Waals surface area contributed by atoms with Crippen LogP contribution >= 0.6 is 11.3 Å². The average molecular weight is 352 g/mol. The van der Waals surface area contributed by atoms with Gasteiger partial charge in [-0.25, -0.2) is 4.98 Å². The van der Waals surface area contributed by atoms with Crippen LogP contribution in [0.5, 0.6) is 0 Å². The van der Waals surface area contributed by atoms with E-state index in [4.69, 9.17) is 0 Å². The molecular formula is C18H16N4O2S. The zero-order valence-corrected chi connectivity index (χ0v) is 14.3. The highest BCUT2D eigenvalue weighted by atomic mass is 32.1. The lowest BCUT2D eigenvalue weighted by Gasteiger charge is -2.08. The van der Waals surface area contributed by atoms with Crippen molar-refractivity contribution in [3.8, 4) is 0 Å². The van der Waals surface area contributed by atoms with Crippen LogP contribution in [0.25, 0.3) is 0 Å². The Morgan fingerprint density at radius 2 is 1.64 bits per heavy atom. The lowest BCUT2D eigenvalue weighted by molar-refractivity contribution is -0.114. The predicted octanol–water partition coefficient (Wildman–Crippen LogP) is 4.10. The molecule has 0 atom stereocenters. The summed E-state index contributed by atoms with van der Waals surface area (Å²) in [4.78, 5) is 27.9. The molecular weight excluding hydrogens is 336 g/mol. The highest BCUT2D eigenvalue weighted by molar-refractivity contribution is 7.12. The third-order valence-electron chi connectivity index (χ3n) is 3.24. The van der Waals surface area contributed by atoms with E-state index in [2.05, 4.69) is 20.9 Å². The number of anilines is 4. The van der Waals surface area contributed by atoms with Gasteiger partial charge in [-0.05, 0) is 47.8 Å². The average Bonchev–Trinajstić information content (AvgIpc) is 3.13. The molecule has 0 aliphatic carbocycles. The van der Waals surface area contributed by atoms with Crippen LogP contribution in [0.1, 0.15) is 16.6 Å². The fourth-order valence-electron chi connectivity index (χ4n) is 2.13. The predicted molar refractivity (Wildman–Crippen MR) is 101 cm³/mol. The molecule has 2 aromatic heterocycles. The lowest BCUT2D eigenvalue weighted by atomic mass is 10.2. The molecule has 6 nitrogen and oxygen atoms in total. The Kier molecular flexibility index (Phi) is 5.06. The van der Waals surface area contributed by atoms with Crippen LogP contribution in [0.15, 0.2) is 60.1 Å². The number of thiophene rings is 1. The van der Waals surface area contributed by atoms with E-state index in [1.54, 1.807) is 36.5 Å². The molecule has 0 unspecified atom stereocenters. The van der Waals surface area contributed by atoms with Crippen molar-refractivity contribution in [2.45, 2.75) is 6.92 Å². The van der Waals surface area contributed by atoms with Gasteiger partial charge in [-0.1, -0.05) is 6.07 Å². The Balaban J connectivity index is 1.60. The molecule has 0 radical (unpaired) electrons. The summed E-state index contributed by atoms with van der Waals surface area (Å²) >= 11 is 1.39. The maximum absolute atomic E-state index is 12.0. The van der Waals surface area contributed by atoms with Gasteiger partial charge in [0.2, 0.25) is 5.91 Å². The molecule has 0 bridgehead atoms. The first-order valence-electron chi connectivity index (χ1n) is 7.56. The molecule has 0 spiro atoms. The van der Waals surface area contributed by atoms with Gasteiger partial charge in [-0.3, -0.25) is 9.59 Å². The summed E-state index contributed by atoms with van der Waals surface area (Å²) in [5, 5.41) is 10.5. The number of carbonyl (C=O) groups is 2. The number of rotatable bonds is 5. The van der Waals surface area contributed by atoms with E-state index < -0.39 is 0 Å². The van der Waals surface area contributed by atoms with Gasteiger partial charge in [0.15, 0.2) is 0 Å². The number of amides is 2. The van der Waals surface area contributed by atoms with Crippen molar-refractivity contribution in [1.82, 2.24) is 4.98 Å². The van der Waals surface area contributed by atoms with Crippen LogP contribution in [0.3, 0.4) is 0 Å². The molecule has 0 fully saturated rings. The third kappa shape index (κ3) is 4.65. The Morgan fingerprint density at radius 1 is 0.920 bits per heavy atom. The lowest BCUT2D eigenvalue weighted by Crippen LogP contribution is -2.10. The van der Waals surface area contributed by atoms with E-state index in [0.717, 1.165) is 11.4 Å². The van der Waals surface area contributed by atoms with E-state index >= 15 is 0 Å². The van der Waals surface area contributed by atoms with Crippen molar-refractivity contribution in [2.24, 2.45) is 0 Å². The molecule has 1 aromatic carbocycles. The van der Waals surface area contributed by atoms with Gasteiger partial charge in [-0.15, -0.1) is 11.3 Å². The van der Waals surface area contributed by atoms with E-state index in [0.29, 0.717) is 16.4 Å². The largest absolute Gasteiger partial charge is 0.340 e. The van der Waals surface area contributed by atoms with Crippen molar-refractivity contribution in [2.75, 3.05) is 16.0 Å². The van der Waals surface area contributed by atoms with Gasteiger partial charge in [-0.2, -0.15) is 0 Å². The Bertz CT molecular complexity index is 859. The monoisotopic (exact) mass is 352 g/mol. The van der Waals surface area contributed by atoms with E-state index in [9.17, 15) is 9.59 Å². The first-order valence-corrected chi connectivity index (χ1v) is 8.44. The van der Waals surface area contributed by atoms with Crippen LogP contribution in [-0.4, -0.2) is 16.8 Å². The molecule has 3 rings (SSSR count). The maximum Gasteiger partial charge on any atom is 0.265 e. The van der Waals surface area contributed by atoms with Crippen LogP contribution in [0.2, 0.25) is 0 Å². The molecule has 7 heteroatoms. The van der Waals surface area contributed by atoms with Crippen LogP contribution in [0, 0.1) is 0 Å². The normalized spacial score (nSPS) is 10.1. The zero-order valence-electron chi connectivity index (χ0n) is 13.4. The highest BCUT2D eigenvalue weighted by Gasteiger charge is 2.07. The van der Waals surface area contributed by atoms with Crippen molar-refractivity contribution >= 4 is 46.0 Å². The second-order valence-electron chi connectivity index (χ2n) is 5.25. The molecule has 126 valence electrons. The minimum atomic E-state index is -0.147. The summed E-state index contributed by atoms with van der Waals surface area (Å²) in [6, 6.07) is 14.5. The van der Waals surface area contributed by atoms with Crippen LogP contribution < -0.4 is 16.0 Å². The standard InChI is InChI=1S/C18H16N4O2S/c1-12(23)20-13-4-6-14(7-5-13)21-17-9-8-15(11-19-17)22-18(24)16-3-2-10-25-16/h2-11H,1H3,(H,19,21)(H,20,23)(H,22,24). The second-order valence-corrected chi connectivity index (χ2v) is 6.19. The third-order valence-corrected chi connectivity index (χ3v) is 4.11. The Hall–Kier alpha value is -3.19. The van der Waals surface area contributed by atoms with Gasteiger partial charge in [0.1, 0.15) is 5.82 Å².